The molecule has 9 aromatic carbocycles. The Hall–Kier alpha value is -6.12. The molecule has 0 atom stereocenters. The summed E-state index contributed by atoms with van der Waals surface area (Å²) in [4.78, 5) is 2.46. The summed E-state index contributed by atoms with van der Waals surface area (Å²) in [6.07, 6.45) is 0. The third-order valence-electron chi connectivity index (χ3n) is 9.58. The zero-order valence-electron chi connectivity index (χ0n) is 24.9. The second-order valence-corrected chi connectivity index (χ2v) is 12.1. The third kappa shape index (κ3) is 3.65. The summed E-state index contributed by atoms with van der Waals surface area (Å²) in [5.41, 5.74) is 5.21. The molecule has 2 heteroatoms. The highest BCUT2D eigenvalue weighted by atomic mass is 16.3. The van der Waals surface area contributed by atoms with Crippen LogP contribution in [0.15, 0.2) is 168 Å². The minimum Gasteiger partial charge on any atom is -0.455 e. The molecule has 0 saturated heterocycles. The fourth-order valence-corrected chi connectivity index (χ4v) is 7.48. The van der Waals surface area contributed by atoms with Crippen molar-refractivity contribution < 1.29 is 4.42 Å². The van der Waals surface area contributed by atoms with Gasteiger partial charge in [-0.2, -0.15) is 0 Å². The highest BCUT2D eigenvalue weighted by Crippen LogP contribution is 2.47. The minimum atomic E-state index is 0.910. The summed E-state index contributed by atoms with van der Waals surface area (Å²) in [5.74, 6) is 0. The average molecular weight is 586 g/mol. The van der Waals surface area contributed by atoms with Gasteiger partial charge in [-0.3, -0.25) is 0 Å². The number of rotatable bonds is 3. The van der Waals surface area contributed by atoms with Gasteiger partial charge in [0.25, 0.3) is 0 Å². The molecule has 0 N–H and O–H groups in total. The van der Waals surface area contributed by atoms with Crippen LogP contribution < -0.4 is 4.90 Å². The van der Waals surface area contributed by atoms with Crippen molar-refractivity contribution >= 4 is 92.9 Å². The summed E-state index contributed by atoms with van der Waals surface area (Å²) in [6, 6.07) is 59.2. The molecule has 0 radical (unpaired) electrons. The number of fused-ring (bicyclic) bond motifs is 11. The second-order valence-electron chi connectivity index (χ2n) is 12.1. The van der Waals surface area contributed by atoms with Crippen molar-refractivity contribution in [2.45, 2.75) is 0 Å². The molecule has 0 spiro atoms. The van der Waals surface area contributed by atoms with E-state index in [4.69, 9.17) is 4.42 Å². The van der Waals surface area contributed by atoms with Gasteiger partial charge >= 0.3 is 0 Å². The van der Waals surface area contributed by atoms with Crippen LogP contribution in [0.4, 0.5) is 17.1 Å². The van der Waals surface area contributed by atoms with Crippen LogP contribution in [-0.4, -0.2) is 0 Å². The first-order valence-corrected chi connectivity index (χ1v) is 15.8. The highest BCUT2D eigenvalue weighted by Gasteiger charge is 2.21. The van der Waals surface area contributed by atoms with Crippen molar-refractivity contribution in [3.63, 3.8) is 0 Å². The van der Waals surface area contributed by atoms with E-state index in [0.29, 0.717) is 0 Å². The minimum absolute atomic E-state index is 0.910. The molecule has 0 aliphatic heterocycles. The van der Waals surface area contributed by atoms with Gasteiger partial charge in [0.2, 0.25) is 0 Å². The van der Waals surface area contributed by atoms with E-state index in [0.717, 1.165) is 49.8 Å². The monoisotopic (exact) mass is 585 g/mol. The molecule has 10 rings (SSSR count). The highest BCUT2D eigenvalue weighted by molar-refractivity contribution is 6.20. The molecule has 1 aromatic heterocycles. The van der Waals surface area contributed by atoms with E-state index in [1.807, 2.05) is 6.07 Å². The van der Waals surface area contributed by atoms with Gasteiger partial charge < -0.3 is 9.32 Å². The van der Waals surface area contributed by atoms with Gasteiger partial charge in [0.1, 0.15) is 11.2 Å². The predicted octanol–water partition coefficient (Wildman–Crippen LogP) is 12.8. The molecule has 214 valence electrons. The van der Waals surface area contributed by atoms with Gasteiger partial charge in [0, 0.05) is 32.6 Å². The molecule has 0 unspecified atom stereocenters. The molecule has 0 aliphatic rings. The van der Waals surface area contributed by atoms with Crippen LogP contribution in [0.1, 0.15) is 0 Å². The van der Waals surface area contributed by atoms with Crippen molar-refractivity contribution in [2.24, 2.45) is 0 Å². The number of anilines is 3. The van der Waals surface area contributed by atoms with Crippen molar-refractivity contribution in [1.82, 2.24) is 0 Å². The number of benzene rings is 9. The number of hydrogen-bond donors (Lipinski definition) is 0. The predicted molar refractivity (Wildman–Crippen MR) is 196 cm³/mol. The Morgan fingerprint density at radius 2 is 0.826 bits per heavy atom. The first-order chi connectivity index (χ1) is 22.8. The van der Waals surface area contributed by atoms with Crippen LogP contribution in [0.3, 0.4) is 0 Å². The maximum Gasteiger partial charge on any atom is 0.143 e. The van der Waals surface area contributed by atoms with Gasteiger partial charge in [-0.25, -0.2) is 0 Å². The molecule has 10 aromatic rings. The first-order valence-electron chi connectivity index (χ1n) is 15.8. The van der Waals surface area contributed by atoms with Gasteiger partial charge in [0.05, 0.1) is 11.4 Å². The lowest BCUT2D eigenvalue weighted by Crippen LogP contribution is -2.11. The van der Waals surface area contributed by atoms with Crippen molar-refractivity contribution in [3.8, 4) is 0 Å². The molecule has 0 aliphatic carbocycles. The van der Waals surface area contributed by atoms with Crippen molar-refractivity contribution in [2.75, 3.05) is 4.90 Å². The standard InChI is InChI=1S/C44H27NO/c1-3-13-32-29(11-1)25-41(36-17-7-5-15-34(32)36)45(42-26-30-12-2-4-14-33(30)35-16-6-8-18-37(35)42)31-23-21-28-22-24-39-38-19-9-10-20-43(38)46-44(39)40(28)27-31/h1-27H. The lowest BCUT2D eigenvalue weighted by atomic mass is 9.96. The Bertz CT molecular complexity index is 2710. The van der Waals surface area contributed by atoms with E-state index in [2.05, 4.69) is 163 Å². The molecular weight excluding hydrogens is 558 g/mol. The van der Waals surface area contributed by atoms with Gasteiger partial charge in [-0.05, 0) is 74.1 Å². The summed E-state index contributed by atoms with van der Waals surface area (Å²) in [7, 11) is 0. The van der Waals surface area contributed by atoms with Crippen LogP contribution in [0.2, 0.25) is 0 Å². The fraction of sp³-hybridized carbons (Fsp3) is 0. The quantitative estimate of drug-likeness (QED) is 0.192. The molecular formula is C44H27NO. The average Bonchev–Trinajstić information content (AvgIpc) is 3.51. The number of nitrogens with zero attached hydrogens (tertiary/aromatic N) is 1. The fourth-order valence-electron chi connectivity index (χ4n) is 7.48. The molecule has 1 heterocycles. The number of hydrogen-bond acceptors (Lipinski definition) is 2. The zero-order valence-corrected chi connectivity index (χ0v) is 24.9. The van der Waals surface area contributed by atoms with Crippen molar-refractivity contribution in [3.05, 3.63) is 164 Å². The van der Waals surface area contributed by atoms with Crippen LogP contribution in [0.25, 0.3) is 75.8 Å². The molecule has 0 bridgehead atoms. The topological polar surface area (TPSA) is 16.4 Å². The summed E-state index contributed by atoms with van der Waals surface area (Å²) >= 11 is 0. The molecule has 0 fully saturated rings. The first kappa shape index (κ1) is 25.2. The summed E-state index contributed by atoms with van der Waals surface area (Å²) in [6.45, 7) is 0. The van der Waals surface area contributed by atoms with Crippen LogP contribution in [0, 0.1) is 0 Å². The Labute approximate surface area is 265 Å². The number of para-hydroxylation sites is 1. The van der Waals surface area contributed by atoms with E-state index in [-0.39, 0.29) is 0 Å². The molecule has 0 saturated carbocycles. The van der Waals surface area contributed by atoms with Gasteiger partial charge in [-0.1, -0.05) is 127 Å². The normalized spacial score (nSPS) is 11.9. The Morgan fingerprint density at radius 3 is 1.46 bits per heavy atom. The van der Waals surface area contributed by atoms with Crippen molar-refractivity contribution in [1.29, 1.82) is 0 Å². The lowest BCUT2D eigenvalue weighted by Gasteiger charge is -2.29. The maximum atomic E-state index is 6.55. The molecule has 46 heavy (non-hydrogen) atoms. The van der Waals surface area contributed by atoms with E-state index in [9.17, 15) is 0 Å². The number of furan rings is 1. The van der Waals surface area contributed by atoms with E-state index < -0.39 is 0 Å². The van der Waals surface area contributed by atoms with E-state index in [1.54, 1.807) is 0 Å². The summed E-state index contributed by atoms with van der Waals surface area (Å²) < 4.78 is 6.55. The van der Waals surface area contributed by atoms with E-state index >= 15 is 0 Å². The lowest BCUT2D eigenvalue weighted by molar-refractivity contribution is 0.672. The third-order valence-corrected chi connectivity index (χ3v) is 9.58. The molecule has 0 amide bonds. The van der Waals surface area contributed by atoms with Gasteiger partial charge in [-0.15, -0.1) is 0 Å². The second kappa shape index (κ2) is 9.69. The molecule has 2 nitrogen and oxygen atoms in total. The SMILES string of the molecule is c1ccc2c(c1)cc(N(c1ccc3ccc4c5ccccc5oc4c3c1)c1cc3ccccc3c3ccccc13)c1ccccc12. The largest absolute Gasteiger partial charge is 0.455 e. The van der Waals surface area contributed by atoms with Crippen LogP contribution in [0.5, 0.6) is 0 Å². The Kier molecular flexibility index (Phi) is 5.31. The summed E-state index contributed by atoms with van der Waals surface area (Å²) in [5, 5.41) is 14.4. The smallest absolute Gasteiger partial charge is 0.143 e. The Balaban J connectivity index is 1.36. The zero-order chi connectivity index (χ0) is 30.2. The van der Waals surface area contributed by atoms with E-state index in [1.165, 1.54) is 43.1 Å². The van der Waals surface area contributed by atoms with Crippen LogP contribution in [-0.2, 0) is 0 Å². The van der Waals surface area contributed by atoms with Crippen LogP contribution >= 0.6 is 0 Å². The Morgan fingerprint density at radius 1 is 0.326 bits per heavy atom. The van der Waals surface area contributed by atoms with Gasteiger partial charge in [0.15, 0.2) is 0 Å². The maximum absolute atomic E-state index is 6.55.